The molecule has 1 fully saturated rings. The van der Waals surface area contributed by atoms with Crippen LogP contribution in [0, 0.1) is 18.8 Å². The standard InChI is InChI=1S/C29H40N2O11/c1-13(2)11-18(32)31-20-21(34)16-9-10-17(15(5)22(16)40-26(20)35)38-27-24(39-19(33)12-14(3)4)23(41-28(30)36)25(37-8)29(6,7)42-27/h9-10,13-14,23-25,27,34H,11-12H2,1-8H3,(H2,30,36)(H,31,32)/t23-,24+,25-,27+/m0/s1. The highest BCUT2D eigenvalue weighted by molar-refractivity contribution is 5.97. The Morgan fingerprint density at radius 2 is 1.71 bits per heavy atom. The van der Waals surface area contributed by atoms with E-state index >= 15 is 0 Å². The number of rotatable bonds is 10. The Morgan fingerprint density at radius 1 is 1.07 bits per heavy atom. The van der Waals surface area contributed by atoms with Crippen molar-refractivity contribution in [3.8, 4) is 11.5 Å². The van der Waals surface area contributed by atoms with Crippen molar-refractivity contribution in [3.63, 3.8) is 0 Å². The van der Waals surface area contributed by atoms with Crippen LogP contribution in [-0.4, -0.2) is 60.4 Å². The minimum Gasteiger partial charge on any atom is -0.505 e. The summed E-state index contributed by atoms with van der Waals surface area (Å²) in [5.74, 6) is -1.32. The number of aromatic hydroxyl groups is 1. The van der Waals surface area contributed by atoms with E-state index in [0.29, 0.717) is 5.56 Å². The van der Waals surface area contributed by atoms with Crippen molar-refractivity contribution < 1.29 is 47.6 Å². The van der Waals surface area contributed by atoms with Gasteiger partial charge in [0.15, 0.2) is 17.5 Å². The first kappa shape index (κ1) is 32.7. The molecule has 1 saturated heterocycles. The van der Waals surface area contributed by atoms with Crippen LogP contribution in [0.4, 0.5) is 10.5 Å². The minimum atomic E-state index is -1.32. The van der Waals surface area contributed by atoms with Gasteiger partial charge in [-0.1, -0.05) is 27.7 Å². The number of esters is 1. The predicted molar refractivity (Wildman–Crippen MR) is 151 cm³/mol. The Morgan fingerprint density at radius 3 is 2.29 bits per heavy atom. The molecule has 1 aromatic heterocycles. The maximum absolute atomic E-state index is 12.8. The Balaban J connectivity index is 2.04. The lowest BCUT2D eigenvalue weighted by Gasteiger charge is -2.48. The summed E-state index contributed by atoms with van der Waals surface area (Å²) >= 11 is 0. The molecule has 0 bridgehead atoms. The van der Waals surface area contributed by atoms with Crippen LogP contribution in [-0.2, 0) is 28.5 Å². The second-order valence-corrected chi connectivity index (χ2v) is 11.6. The molecule has 1 aromatic carbocycles. The number of primary amides is 1. The average Bonchev–Trinajstić information content (AvgIpc) is 2.84. The first-order chi connectivity index (χ1) is 19.5. The van der Waals surface area contributed by atoms with Gasteiger partial charge >= 0.3 is 17.7 Å². The van der Waals surface area contributed by atoms with Gasteiger partial charge in [0, 0.05) is 25.5 Å². The zero-order valence-corrected chi connectivity index (χ0v) is 25.1. The number of benzene rings is 1. The monoisotopic (exact) mass is 592 g/mol. The summed E-state index contributed by atoms with van der Waals surface area (Å²) in [6.07, 6.45) is -5.60. The zero-order valence-electron chi connectivity index (χ0n) is 25.1. The quantitative estimate of drug-likeness (QED) is 0.269. The number of ether oxygens (including phenoxy) is 5. The summed E-state index contributed by atoms with van der Waals surface area (Å²) in [5.41, 5.74) is 3.22. The van der Waals surface area contributed by atoms with Gasteiger partial charge in [0.1, 0.15) is 17.4 Å². The van der Waals surface area contributed by atoms with E-state index in [4.69, 9.17) is 33.8 Å². The molecule has 4 atom stereocenters. The first-order valence-corrected chi connectivity index (χ1v) is 13.7. The van der Waals surface area contributed by atoms with Crippen molar-refractivity contribution in [2.75, 3.05) is 12.4 Å². The van der Waals surface area contributed by atoms with E-state index in [9.17, 15) is 24.3 Å². The van der Waals surface area contributed by atoms with Crippen LogP contribution in [0.25, 0.3) is 11.0 Å². The molecular weight excluding hydrogens is 552 g/mol. The third-order valence-corrected chi connectivity index (χ3v) is 6.69. The van der Waals surface area contributed by atoms with Crippen LogP contribution in [0.5, 0.6) is 11.5 Å². The van der Waals surface area contributed by atoms with E-state index in [2.05, 4.69) is 5.32 Å². The molecule has 13 heteroatoms. The number of hydrogen-bond acceptors (Lipinski definition) is 11. The molecule has 1 aliphatic rings. The molecule has 1 aliphatic heterocycles. The van der Waals surface area contributed by atoms with E-state index in [1.807, 2.05) is 27.7 Å². The summed E-state index contributed by atoms with van der Waals surface area (Å²) in [7, 11) is 1.39. The van der Waals surface area contributed by atoms with Crippen molar-refractivity contribution in [2.24, 2.45) is 17.6 Å². The van der Waals surface area contributed by atoms with Crippen LogP contribution in [0.2, 0.25) is 0 Å². The fourth-order valence-electron chi connectivity index (χ4n) is 4.88. The van der Waals surface area contributed by atoms with Crippen molar-refractivity contribution in [2.45, 2.75) is 91.5 Å². The number of amides is 2. The molecule has 0 unspecified atom stereocenters. The van der Waals surface area contributed by atoms with Gasteiger partial charge in [0.2, 0.25) is 18.3 Å². The number of hydrogen-bond donors (Lipinski definition) is 3. The largest absolute Gasteiger partial charge is 0.505 e. The maximum atomic E-state index is 12.8. The van der Waals surface area contributed by atoms with Crippen molar-refractivity contribution in [3.05, 3.63) is 28.1 Å². The van der Waals surface area contributed by atoms with Gasteiger partial charge in [-0.3, -0.25) is 9.59 Å². The summed E-state index contributed by atoms with van der Waals surface area (Å²) in [4.78, 5) is 49.6. The van der Waals surface area contributed by atoms with Gasteiger partial charge in [-0.05, 0) is 44.7 Å². The van der Waals surface area contributed by atoms with Gasteiger partial charge in [-0.15, -0.1) is 0 Å². The van der Waals surface area contributed by atoms with Gasteiger partial charge < -0.3 is 44.3 Å². The third kappa shape index (κ3) is 7.32. The predicted octanol–water partition coefficient (Wildman–Crippen LogP) is 3.74. The van der Waals surface area contributed by atoms with E-state index in [-0.39, 0.29) is 47.1 Å². The Kier molecular flexibility index (Phi) is 10.1. The van der Waals surface area contributed by atoms with Crippen molar-refractivity contribution >= 4 is 34.6 Å². The van der Waals surface area contributed by atoms with Gasteiger partial charge in [0.25, 0.3) is 0 Å². The van der Waals surface area contributed by atoms with E-state index < -0.39 is 59.5 Å². The van der Waals surface area contributed by atoms with Crippen LogP contribution in [0.3, 0.4) is 0 Å². The number of carbonyl (C=O) groups is 3. The van der Waals surface area contributed by atoms with Crippen molar-refractivity contribution in [1.29, 1.82) is 0 Å². The molecule has 0 aliphatic carbocycles. The highest BCUT2D eigenvalue weighted by Crippen LogP contribution is 2.39. The summed E-state index contributed by atoms with van der Waals surface area (Å²) in [5, 5.41) is 13.4. The second kappa shape index (κ2) is 13.0. The molecule has 0 radical (unpaired) electrons. The number of nitrogens with two attached hydrogens (primary N) is 1. The topological polar surface area (TPSA) is 186 Å². The van der Waals surface area contributed by atoms with Crippen LogP contribution >= 0.6 is 0 Å². The molecular formula is C29H40N2O11. The lowest BCUT2D eigenvalue weighted by molar-refractivity contribution is -0.307. The van der Waals surface area contributed by atoms with Gasteiger partial charge in [-0.2, -0.15) is 0 Å². The minimum absolute atomic E-state index is 0.0000141. The number of fused-ring (bicyclic) bond motifs is 1. The number of aryl methyl sites for hydroxylation is 1. The number of anilines is 1. The molecule has 3 rings (SSSR count). The Labute approximate surface area is 243 Å². The van der Waals surface area contributed by atoms with Crippen LogP contribution < -0.4 is 21.4 Å². The molecule has 13 nitrogen and oxygen atoms in total. The van der Waals surface area contributed by atoms with E-state index in [1.165, 1.54) is 19.2 Å². The van der Waals surface area contributed by atoms with E-state index in [0.717, 1.165) is 0 Å². The van der Waals surface area contributed by atoms with E-state index in [1.54, 1.807) is 20.8 Å². The maximum Gasteiger partial charge on any atom is 0.405 e. The first-order valence-electron chi connectivity index (χ1n) is 13.7. The molecule has 2 heterocycles. The highest BCUT2D eigenvalue weighted by atomic mass is 16.7. The van der Waals surface area contributed by atoms with Gasteiger partial charge in [0.05, 0.1) is 11.0 Å². The fraction of sp³-hybridized carbons (Fsp3) is 0.586. The molecule has 2 aromatic rings. The normalized spacial score (nSPS) is 21.8. The summed E-state index contributed by atoms with van der Waals surface area (Å²) < 4.78 is 34.5. The molecule has 42 heavy (non-hydrogen) atoms. The number of carbonyl (C=O) groups excluding carboxylic acids is 3. The molecule has 232 valence electrons. The number of methoxy groups -OCH3 is 1. The third-order valence-electron chi connectivity index (χ3n) is 6.69. The lowest BCUT2D eigenvalue weighted by Crippen LogP contribution is -2.66. The number of nitrogens with one attached hydrogen (secondary N) is 1. The highest BCUT2D eigenvalue weighted by Gasteiger charge is 2.55. The summed E-state index contributed by atoms with van der Waals surface area (Å²) in [6, 6.07) is 2.93. The summed E-state index contributed by atoms with van der Waals surface area (Å²) in [6.45, 7) is 12.3. The fourth-order valence-corrected chi connectivity index (χ4v) is 4.88. The van der Waals surface area contributed by atoms with Crippen LogP contribution in [0.15, 0.2) is 21.3 Å². The lowest BCUT2D eigenvalue weighted by atomic mass is 9.89. The molecule has 2 amide bonds. The van der Waals surface area contributed by atoms with Crippen molar-refractivity contribution in [1.82, 2.24) is 0 Å². The molecule has 0 saturated carbocycles. The SMILES string of the molecule is CO[C@H]1[C@@H](OC(N)=O)[C@@H](OC(=O)CC(C)C)[C@H](Oc2ccc3c(O)c(NC(=O)CC(C)C)c(=O)oc3c2C)OC1(C)C. The van der Waals surface area contributed by atoms with Crippen LogP contribution in [0.1, 0.15) is 59.9 Å². The Hall–Kier alpha value is -3.84. The molecule has 0 spiro atoms. The zero-order chi connectivity index (χ0) is 31.5. The smallest absolute Gasteiger partial charge is 0.405 e. The molecule has 4 N–H and O–H groups in total. The van der Waals surface area contributed by atoms with Gasteiger partial charge in [-0.25, -0.2) is 9.59 Å². The Bertz CT molecular complexity index is 1380. The second-order valence-electron chi connectivity index (χ2n) is 11.6. The average molecular weight is 593 g/mol.